The average molecular weight is 410 g/mol. The Morgan fingerprint density at radius 2 is 2.23 bits per heavy atom. The van der Waals surface area contributed by atoms with Gasteiger partial charge in [0.25, 0.3) is 5.56 Å². The summed E-state index contributed by atoms with van der Waals surface area (Å²) in [5, 5.41) is 15.3. The number of hydrogen-bond donors (Lipinski definition) is 3. The number of carbonyl (C=O) groups is 1. The second kappa shape index (κ2) is 8.14. The summed E-state index contributed by atoms with van der Waals surface area (Å²) < 4.78 is 15.5. The van der Waals surface area contributed by atoms with E-state index in [2.05, 4.69) is 16.7 Å². The van der Waals surface area contributed by atoms with Gasteiger partial charge >= 0.3 is 5.97 Å². The quantitative estimate of drug-likeness (QED) is 0.702. The molecule has 0 bridgehead atoms. The molecule has 7 nitrogen and oxygen atoms in total. The first kappa shape index (κ1) is 19.9. The molecule has 0 aromatic carbocycles. The van der Waals surface area contributed by atoms with Gasteiger partial charge in [0.15, 0.2) is 6.04 Å². The minimum absolute atomic E-state index is 0.348. The Kier molecular flexibility index (Phi) is 5.39. The predicted octanol–water partition coefficient (Wildman–Crippen LogP) is 2.90. The molecule has 2 unspecified atom stereocenters. The van der Waals surface area contributed by atoms with Gasteiger partial charge in [-0.05, 0) is 62.6 Å². The van der Waals surface area contributed by atoms with Gasteiger partial charge in [0.05, 0.1) is 11.7 Å². The Bertz CT molecular complexity index is 1150. The third-order valence-electron chi connectivity index (χ3n) is 5.42. The fraction of sp³-hybridized carbons (Fsp3) is 0.318. The number of dihydropyridines is 1. The zero-order valence-corrected chi connectivity index (χ0v) is 16.6. The highest BCUT2D eigenvalue weighted by Gasteiger charge is 2.25. The van der Waals surface area contributed by atoms with E-state index in [-0.39, 0.29) is 5.56 Å². The second-order valence-electron chi connectivity index (χ2n) is 7.55. The number of carboxylic acid groups (broad SMARTS) is 1. The lowest BCUT2D eigenvalue weighted by Crippen LogP contribution is -2.42. The fourth-order valence-electron chi connectivity index (χ4n) is 3.90. The Morgan fingerprint density at radius 1 is 1.40 bits per heavy atom. The monoisotopic (exact) mass is 410 g/mol. The molecule has 3 N–H and O–H groups in total. The van der Waals surface area contributed by atoms with Crippen LogP contribution in [0.1, 0.15) is 49.9 Å². The molecule has 0 spiro atoms. The van der Waals surface area contributed by atoms with Gasteiger partial charge in [-0.25, -0.2) is 14.2 Å². The summed E-state index contributed by atoms with van der Waals surface area (Å²) in [5.41, 5.74) is 2.58. The van der Waals surface area contributed by atoms with Crippen LogP contribution in [0.4, 0.5) is 4.39 Å². The van der Waals surface area contributed by atoms with Crippen molar-refractivity contribution in [2.24, 2.45) is 0 Å². The highest BCUT2D eigenvalue weighted by molar-refractivity contribution is 5.78. The van der Waals surface area contributed by atoms with Crippen LogP contribution in [0.15, 0.2) is 53.2 Å². The molecular formula is C22H23FN4O3. The zero-order chi connectivity index (χ0) is 21.3. The minimum atomic E-state index is -1.03. The summed E-state index contributed by atoms with van der Waals surface area (Å²) in [6.45, 7) is 1.78. The Morgan fingerprint density at radius 3 is 2.97 bits per heavy atom. The highest BCUT2D eigenvalue weighted by atomic mass is 19.1. The van der Waals surface area contributed by atoms with Crippen LogP contribution in [0.25, 0.3) is 11.2 Å². The molecule has 2 atom stereocenters. The summed E-state index contributed by atoms with van der Waals surface area (Å²) in [7, 11) is 0. The van der Waals surface area contributed by atoms with Gasteiger partial charge in [0.2, 0.25) is 0 Å². The van der Waals surface area contributed by atoms with Gasteiger partial charge in [0, 0.05) is 23.5 Å². The zero-order valence-electron chi connectivity index (χ0n) is 16.6. The standard InChI is InChI=1S/C22H23FN4O3/c1-13(25-17-8-5-9-24-20(17)22(29)30)16-10-15(23)12-27-19(28)11-18(26-21(16)27)14-6-3-2-4-7-14/h5-6,8-13,20,24-25H,2-4,7H2,1H3,(H,29,30). The van der Waals surface area contributed by atoms with E-state index in [1.165, 1.54) is 16.5 Å². The van der Waals surface area contributed by atoms with E-state index in [1.807, 2.05) is 0 Å². The van der Waals surface area contributed by atoms with Crippen LogP contribution < -0.4 is 16.2 Å². The van der Waals surface area contributed by atoms with Crippen LogP contribution in [0.2, 0.25) is 0 Å². The first-order valence-electron chi connectivity index (χ1n) is 9.98. The van der Waals surface area contributed by atoms with E-state index < -0.39 is 23.9 Å². The number of fused-ring (bicyclic) bond motifs is 1. The Balaban J connectivity index is 1.77. The lowest BCUT2D eigenvalue weighted by Gasteiger charge is -2.25. The Hall–Kier alpha value is -3.42. The molecule has 1 aliphatic carbocycles. The Labute approximate surface area is 172 Å². The second-order valence-corrected chi connectivity index (χ2v) is 7.55. The molecular weight excluding hydrogens is 387 g/mol. The topological polar surface area (TPSA) is 95.7 Å². The molecule has 1 aliphatic heterocycles. The molecule has 3 heterocycles. The number of hydrogen-bond acceptors (Lipinski definition) is 5. The van der Waals surface area contributed by atoms with E-state index >= 15 is 0 Å². The van der Waals surface area contributed by atoms with Gasteiger partial charge in [-0.3, -0.25) is 9.20 Å². The van der Waals surface area contributed by atoms with Crippen LogP contribution in [0.5, 0.6) is 0 Å². The summed E-state index contributed by atoms with van der Waals surface area (Å²) in [4.78, 5) is 28.9. The van der Waals surface area contributed by atoms with Gasteiger partial charge in [-0.15, -0.1) is 0 Å². The van der Waals surface area contributed by atoms with E-state index in [1.54, 1.807) is 25.3 Å². The van der Waals surface area contributed by atoms with Crippen LogP contribution in [-0.2, 0) is 4.79 Å². The number of aliphatic carboxylic acids is 1. The first-order chi connectivity index (χ1) is 14.4. The van der Waals surface area contributed by atoms with Gasteiger partial charge in [-0.2, -0.15) is 0 Å². The minimum Gasteiger partial charge on any atom is -0.479 e. The SMILES string of the molecule is CC(NC1=CC=CNC1C(=O)O)c1cc(F)cn2c(=O)cc(C3=CCCCC3)nc12. The molecule has 0 saturated heterocycles. The number of halogens is 1. The normalized spacial score (nSPS) is 19.6. The van der Waals surface area contributed by atoms with Crippen LogP contribution >= 0.6 is 0 Å². The lowest BCUT2D eigenvalue weighted by atomic mass is 9.97. The van der Waals surface area contributed by atoms with Crippen molar-refractivity contribution in [3.05, 3.63) is 75.9 Å². The van der Waals surface area contributed by atoms with Crippen molar-refractivity contribution in [3.8, 4) is 0 Å². The molecule has 2 aliphatic rings. The summed E-state index contributed by atoms with van der Waals surface area (Å²) in [6, 6.07) is 1.36. The number of carboxylic acids is 1. The van der Waals surface area contributed by atoms with Crippen LogP contribution in [0.3, 0.4) is 0 Å². The molecule has 156 valence electrons. The van der Waals surface area contributed by atoms with Gasteiger partial charge in [-0.1, -0.05) is 6.08 Å². The highest BCUT2D eigenvalue weighted by Crippen LogP contribution is 2.27. The summed E-state index contributed by atoms with van der Waals surface area (Å²) in [5.74, 6) is -1.60. The lowest BCUT2D eigenvalue weighted by molar-refractivity contribution is -0.138. The molecule has 30 heavy (non-hydrogen) atoms. The van der Waals surface area contributed by atoms with Crippen molar-refractivity contribution in [1.29, 1.82) is 0 Å². The molecule has 4 rings (SSSR count). The third kappa shape index (κ3) is 3.85. The van der Waals surface area contributed by atoms with Crippen LogP contribution in [-0.4, -0.2) is 26.5 Å². The van der Waals surface area contributed by atoms with Gasteiger partial charge < -0.3 is 15.7 Å². The third-order valence-corrected chi connectivity index (χ3v) is 5.42. The van der Waals surface area contributed by atoms with Crippen molar-refractivity contribution in [3.63, 3.8) is 0 Å². The van der Waals surface area contributed by atoms with E-state index in [0.717, 1.165) is 37.5 Å². The molecule has 0 amide bonds. The van der Waals surface area contributed by atoms with Crippen molar-refractivity contribution in [2.75, 3.05) is 0 Å². The van der Waals surface area contributed by atoms with Crippen molar-refractivity contribution in [2.45, 2.75) is 44.7 Å². The van der Waals surface area contributed by atoms with E-state index in [9.17, 15) is 19.1 Å². The largest absolute Gasteiger partial charge is 0.479 e. The summed E-state index contributed by atoms with van der Waals surface area (Å²) in [6.07, 6.45) is 12.1. The van der Waals surface area contributed by atoms with E-state index in [0.29, 0.717) is 22.6 Å². The molecule has 0 radical (unpaired) electrons. The maximum Gasteiger partial charge on any atom is 0.332 e. The van der Waals surface area contributed by atoms with Crippen molar-refractivity contribution < 1.29 is 14.3 Å². The van der Waals surface area contributed by atoms with Crippen molar-refractivity contribution >= 4 is 17.2 Å². The number of rotatable bonds is 5. The number of pyridine rings is 1. The number of allylic oxidation sites excluding steroid dienone is 4. The van der Waals surface area contributed by atoms with Crippen LogP contribution in [0, 0.1) is 5.82 Å². The summed E-state index contributed by atoms with van der Waals surface area (Å²) >= 11 is 0. The van der Waals surface area contributed by atoms with Gasteiger partial charge in [0.1, 0.15) is 11.5 Å². The molecule has 0 fully saturated rings. The smallest absolute Gasteiger partial charge is 0.332 e. The fourth-order valence-corrected chi connectivity index (χ4v) is 3.90. The number of nitrogens with zero attached hydrogens (tertiary/aromatic N) is 2. The maximum absolute atomic E-state index is 14.3. The maximum atomic E-state index is 14.3. The predicted molar refractivity (Wildman–Crippen MR) is 111 cm³/mol. The molecule has 0 saturated carbocycles. The number of nitrogens with one attached hydrogen (secondary N) is 2. The average Bonchev–Trinajstić information content (AvgIpc) is 2.74. The first-order valence-corrected chi connectivity index (χ1v) is 9.98. The molecule has 2 aromatic heterocycles. The van der Waals surface area contributed by atoms with Crippen molar-refractivity contribution in [1.82, 2.24) is 20.0 Å². The molecule has 2 aromatic rings. The molecule has 8 heteroatoms. The number of aromatic nitrogens is 2. The van der Waals surface area contributed by atoms with E-state index in [4.69, 9.17) is 4.98 Å².